The lowest BCUT2D eigenvalue weighted by atomic mass is 10.0. The zero-order valence-corrected chi connectivity index (χ0v) is 17.7. The van der Waals surface area contributed by atoms with Crippen LogP contribution in [-0.2, 0) is 6.42 Å². The second kappa shape index (κ2) is 7.47. The summed E-state index contributed by atoms with van der Waals surface area (Å²) in [6.45, 7) is 8.52. The van der Waals surface area contributed by atoms with Crippen molar-refractivity contribution in [1.82, 2.24) is 25.1 Å². The molecule has 2 amide bonds. The van der Waals surface area contributed by atoms with Crippen molar-refractivity contribution in [2.45, 2.75) is 46.2 Å². The van der Waals surface area contributed by atoms with Gasteiger partial charge in [-0.1, -0.05) is 6.07 Å². The molecular formula is C20H24N6O2S. The van der Waals surface area contributed by atoms with Crippen LogP contribution in [0.15, 0.2) is 18.2 Å². The number of thiazole rings is 1. The topological polar surface area (TPSA) is 108 Å². The number of benzene rings is 1. The summed E-state index contributed by atoms with van der Waals surface area (Å²) in [5, 5.41) is 8.08. The van der Waals surface area contributed by atoms with Crippen molar-refractivity contribution in [3.8, 4) is 27.8 Å². The van der Waals surface area contributed by atoms with E-state index < -0.39 is 6.03 Å². The van der Waals surface area contributed by atoms with Crippen molar-refractivity contribution in [2.75, 3.05) is 6.61 Å². The summed E-state index contributed by atoms with van der Waals surface area (Å²) in [6.07, 6.45) is 0.779. The van der Waals surface area contributed by atoms with Gasteiger partial charge in [-0.2, -0.15) is 5.10 Å². The fourth-order valence-corrected chi connectivity index (χ4v) is 4.48. The SMILES string of the molecule is Cc1nc(-c2nc3c(s2)CCOc2cc(C(C)NC(N)=O)ccc2-3)n(C(C)C)n1. The minimum atomic E-state index is -0.552. The van der Waals surface area contributed by atoms with Gasteiger partial charge in [-0.3, -0.25) is 0 Å². The fraction of sp³-hybridized carbons (Fsp3) is 0.400. The van der Waals surface area contributed by atoms with Gasteiger partial charge < -0.3 is 15.8 Å². The molecule has 152 valence electrons. The molecule has 0 radical (unpaired) electrons. The van der Waals surface area contributed by atoms with Crippen LogP contribution >= 0.6 is 11.3 Å². The third kappa shape index (κ3) is 3.69. The first-order valence-electron chi connectivity index (χ1n) is 9.59. The average molecular weight is 413 g/mol. The molecule has 0 bridgehead atoms. The lowest BCUT2D eigenvalue weighted by Crippen LogP contribution is -2.31. The van der Waals surface area contributed by atoms with E-state index in [9.17, 15) is 4.79 Å². The van der Waals surface area contributed by atoms with Crippen molar-refractivity contribution in [1.29, 1.82) is 0 Å². The summed E-state index contributed by atoms with van der Waals surface area (Å²) in [6, 6.07) is 5.36. The highest BCUT2D eigenvalue weighted by Crippen LogP contribution is 2.41. The van der Waals surface area contributed by atoms with Gasteiger partial charge >= 0.3 is 6.03 Å². The summed E-state index contributed by atoms with van der Waals surface area (Å²) in [5.41, 5.74) is 8.05. The number of carbonyl (C=O) groups is 1. The molecule has 29 heavy (non-hydrogen) atoms. The Morgan fingerprint density at radius 3 is 2.83 bits per heavy atom. The summed E-state index contributed by atoms with van der Waals surface area (Å²) >= 11 is 1.64. The van der Waals surface area contributed by atoms with Crippen LogP contribution < -0.4 is 15.8 Å². The highest BCUT2D eigenvalue weighted by Gasteiger charge is 2.24. The molecule has 2 aromatic heterocycles. The predicted octanol–water partition coefficient (Wildman–Crippen LogP) is 3.62. The molecule has 0 aliphatic carbocycles. The van der Waals surface area contributed by atoms with Crippen LogP contribution in [0, 0.1) is 6.92 Å². The number of amides is 2. The van der Waals surface area contributed by atoms with E-state index >= 15 is 0 Å². The van der Waals surface area contributed by atoms with Gasteiger partial charge in [-0.05, 0) is 45.4 Å². The van der Waals surface area contributed by atoms with Crippen molar-refractivity contribution in [3.63, 3.8) is 0 Å². The van der Waals surface area contributed by atoms with Gasteiger partial charge in [0.15, 0.2) is 10.8 Å². The second-order valence-corrected chi connectivity index (χ2v) is 8.48. The van der Waals surface area contributed by atoms with Crippen LogP contribution in [0.4, 0.5) is 4.79 Å². The van der Waals surface area contributed by atoms with Gasteiger partial charge in [0.25, 0.3) is 0 Å². The molecule has 1 aromatic carbocycles. The van der Waals surface area contributed by atoms with Crippen LogP contribution in [0.2, 0.25) is 0 Å². The van der Waals surface area contributed by atoms with Crippen LogP contribution in [0.5, 0.6) is 5.75 Å². The zero-order valence-electron chi connectivity index (χ0n) is 16.9. The van der Waals surface area contributed by atoms with Gasteiger partial charge in [0.1, 0.15) is 11.6 Å². The third-order valence-electron chi connectivity index (χ3n) is 4.82. The Morgan fingerprint density at radius 2 is 2.10 bits per heavy atom. The standard InChI is InChI=1S/C20H24N6O2S/c1-10(2)26-18(23-12(4)25-26)19-24-17-14-6-5-13(11(3)22-20(21)27)9-15(14)28-8-7-16(17)29-19/h5-6,9-11H,7-8H2,1-4H3,(H3,21,22,27). The van der Waals surface area contributed by atoms with E-state index in [0.29, 0.717) is 6.61 Å². The van der Waals surface area contributed by atoms with Gasteiger partial charge in [0, 0.05) is 22.9 Å². The largest absolute Gasteiger partial charge is 0.492 e. The molecule has 3 heterocycles. The number of carbonyl (C=O) groups excluding carboxylic acids is 1. The number of nitrogens with zero attached hydrogens (tertiary/aromatic N) is 4. The van der Waals surface area contributed by atoms with Gasteiger partial charge in [-0.25, -0.2) is 19.4 Å². The number of nitrogens with two attached hydrogens (primary N) is 1. The zero-order chi connectivity index (χ0) is 20.7. The van der Waals surface area contributed by atoms with E-state index in [1.807, 2.05) is 36.7 Å². The van der Waals surface area contributed by atoms with Gasteiger partial charge in [0.2, 0.25) is 0 Å². The molecule has 3 N–H and O–H groups in total. The quantitative estimate of drug-likeness (QED) is 0.680. The molecule has 0 fully saturated rings. The summed E-state index contributed by atoms with van der Waals surface area (Å²) < 4.78 is 7.91. The first kappa shape index (κ1) is 19.4. The van der Waals surface area contributed by atoms with E-state index in [4.69, 9.17) is 15.5 Å². The minimum Gasteiger partial charge on any atom is -0.492 e. The van der Waals surface area contributed by atoms with E-state index in [-0.39, 0.29) is 12.1 Å². The Hall–Kier alpha value is -2.94. The number of nitrogens with one attached hydrogen (secondary N) is 1. The van der Waals surface area contributed by atoms with Crippen molar-refractivity contribution in [3.05, 3.63) is 34.5 Å². The van der Waals surface area contributed by atoms with Crippen LogP contribution in [0.25, 0.3) is 22.1 Å². The lowest BCUT2D eigenvalue weighted by Gasteiger charge is -2.15. The Morgan fingerprint density at radius 1 is 1.31 bits per heavy atom. The monoisotopic (exact) mass is 412 g/mol. The Bertz CT molecular complexity index is 1070. The Kier molecular flexibility index (Phi) is 4.99. The molecule has 1 unspecified atom stereocenters. The molecular weight excluding hydrogens is 388 g/mol. The highest BCUT2D eigenvalue weighted by atomic mass is 32.1. The number of hydrogen-bond acceptors (Lipinski definition) is 6. The normalized spacial score (nSPS) is 14.0. The summed E-state index contributed by atoms with van der Waals surface area (Å²) in [7, 11) is 0. The molecule has 0 saturated heterocycles. The Labute approximate surface area is 173 Å². The first-order chi connectivity index (χ1) is 13.8. The van der Waals surface area contributed by atoms with Crippen LogP contribution in [-0.4, -0.2) is 32.4 Å². The van der Waals surface area contributed by atoms with E-state index in [1.165, 1.54) is 4.88 Å². The van der Waals surface area contributed by atoms with E-state index in [2.05, 4.69) is 29.2 Å². The molecule has 3 aromatic rings. The predicted molar refractivity (Wildman–Crippen MR) is 112 cm³/mol. The first-order valence-corrected chi connectivity index (χ1v) is 10.4. The van der Waals surface area contributed by atoms with E-state index in [0.717, 1.165) is 45.6 Å². The highest BCUT2D eigenvalue weighted by molar-refractivity contribution is 7.15. The minimum absolute atomic E-state index is 0.201. The fourth-order valence-electron chi connectivity index (χ4n) is 3.44. The number of aryl methyl sites for hydroxylation is 1. The number of aromatic nitrogens is 4. The molecule has 1 aliphatic heterocycles. The third-order valence-corrected chi connectivity index (χ3v) is 5.93. The summed E-state index contributed by atoms with van der Waals surface area (Å²) in [4.78, 5) is 21.9. The van der Waals surface area contributed by atoms with Crippen molar-refractivity contribution >= 4 is 17.4 Å². The Balaban J connectivity index is 1.75. The second-order valence-electron chi connectivity index (χ2n) is 7.40. The molecule has 0 saturated carbocycles. The number of hydrogen-bond donors (Lipinski definition) is 2. The molecule has 9 heteroatoms. The van der Waals surface area contributed by atoms with Crippen molar-refractivity contribution in [2.24, 2.45) is 5.73 Å². The molecule has 8 nitrogen and oxygen atoms in total. The smallest absolute Gasteiger partial charge is 0.312 e. The lowest BCUT2D eigenvalue weighted by molar-refractivity contribution is 0.246. The number of primary amides is 1. The van der Waals surface area contributed by atoms with Gasteiger partial charge in [-0.15, -0.1) is 11.3 Å². The molecule has 4 rings (SSSR count). The van der Waals surface area contributed by atoms with Crippen LogP contribution in [0.1, 0.15) is 49.1 Å². The van der Waals surface area contributed by atoms with E-state index in [1.54, 1.807) is 11.3 Å². The maximum Gasteiger partial charge on any atom is 0.312 e. The molecule has 1 aliphatic rings. The maximum atomic E-state index is 11.2. The molecule has 1 atom stereocenters. The average Bonchev–Trinajstić information content (AvgIpc) is 3.20. The number of fused-ring (bicyclic) bond motifs is 3. The summed E-state index contributed by atoms with van der Waals surface area (Å²) in [5.74, 6) is 2.30. The number of ether oxygens (including phenoxy) is 1. The molecule has 0 spiro atoms. The van der Waals surface area contributed by atoms with Crippen LogP contribution in [0.3, 0.4) is 0 Å². The maximum absolute atomic E-state index is 11.2. The number of urea groups is 1. The van der Waals surface area contributed by atoms with Crippen molar-refractivity contribution < 1.29 is 9.53 Å². The number of rotatable bonds is 4. The van der Waals surface area contributed by atoms with Gasteiger partial charge in [0.05, 0.1) is 18.3 Å².